The zero-order chi connectivity index (χ0) is 14.3. The van der Waals surface area contributed by atoms with Crippen LogP contribution in [0.1, 0.15) is 12.5 Å². The molecular formula is C15H12Cl2N2O. The number of rotatable bonds is 2. The van der Waals surface area contributed by atoms with Crippen molar-refractivity contribution < 1.29 is 4.42 Å². The Labute approximate surface area is 126 Å². The van der Waals surface area contributed by atoms with E-state index in [1.165, 1.54) is 5.56 Å². The van der Waals surface area contributed by atoms with Crippen LogP contribution in [-0.4, -0.2) is 4.98 Å². The van der Waals surface area contributed by atoms with Crippen LogP contribution in [0.2, 0.25) is 10.0 Å². The summed E-state index contributed by atoms with van der Waals surface area (Å²) in [6, 6.07) is 9.37. The molecule has 0 aliphatic rings. The first kappa shape index (κ1) is 13.3. The van der Waals surface area contributed by atoms with Gasteiger partial charge in [-0.05, 0) is 36.2 Å². The Morgan fingerprint density at radius 3 is 2.50 bits per heavy atom. The van der Waals surface area contributed by atoms with Crippen molar-refractivity contribution in [2.45, 2.75) is 13.3 Å². The van der Waals surface area contributed by atoms with Gasteiger partial charge in [-0.25, -0.2) is 4.98 Å². The minimum atomic E-state index is 0.362. The Morgan fingerprint density at radius 2 is 1.85 bits per heavy atom. The Hall–Kier alpha value is -1.71. The van der Waals surface area contributed by atoms with Crippen molar-refractivity contribution in [1.82, 2.24) is 4.98 Å². The van der Waals surface area contributed by atoms with E-state index in [4.69, 9.17) is 33.4 Å². The normalized spacial score (nSPS) is 11.2. The van der Waals surface area contributed by atoms with Gasteiger partial charge in [0.05, 0.1) is 15.7 Å². The number of oxazole rings is 1. The van der Waals surface area contributed by atoms with Crippen molar-refractivity contribution >= 4 is 40.0 Å². The van der Waals surface area contributed by atoms with Gasteiger partial charge in [0.25, 0.3) is 0 Å². The molecule has 3 rings (SSSR count). The van der Waals surface area contributed by atoms with Gasteiger partial charge in [-0.15, -0.1) is 0 Å². The molecule has 20 heavy (non-hydrogen) atoms. The minimum absolute atomic E-state index is 0.362. The number of nitrogens with zero attached hydrogens (tertiary/aromatic N) is 1. The van der Waals surface area contributed by atoms with Crippen LogP contribution in [0.15, 0.2) is 34.7 Å². The number of halogens is 2. The van der Waals surface area contributed by atoms with Crippen LogP contribution in [0, 0.1) is 0 Å². The second-order valence-electron chi connectivity index (χ2n) is 4.53. The van der Waals surface area contributed by atoms with E-state index in [0.29, 0.717) is 27.2 Å². The lowest BCUT2D eigenvalue weighted by molar-refractivity contribution is 0.620. The van der Waals surface area contributed by atoms with E-state index in [0.717, 1.165) is 17.5 Å². The van der Waals surface area contributed by atoms with Crippen molar-refractivity contribution in [3.8, 4) is 11.5 Å². The summed E-state index contributed by atoms with van der Waals surface area (Å²) >= 11 is 12.1. The van der Waals surface area contributed by atoms with Crippen LogP contribution < -0.4 is 5.73 Å². The third-order valence-corrected chi connectivity index (χ3v) is 3.81. The molecule has 0 atom stereocenters. The second-order valence-corrected chi connectivity index (χ2v) is 5.34. The van der Waals surface area contributed by atoms with E-state index in [1.807, 2.05) is 18.2 Å². The average molecular weight is 307 g/mol. The van der Waals surface area contributed by atoms with Crippen LogP contribution in [0.3, 0.4) is 0 Å². The zero-order valence-corrected chi connectivity index (χ0v) is 12.3. The molecule has 0 radical (unpaired) electrons. The third kappa shape index (κ3) is 2.23. The van der Waals surface area contributed by atoms with Gasteiger partial charge in [0, 0.05) is 5.56 Å². The summed E-state index contributed by atoms with van der Waals surface area (Å²) in [5.41, 5.74) is 9.57. The summed E-state index contributed by atoms with van der Waals surface area (Å²) in [5.74, 6) is 0.483. The SMILES string of the molecule is CCc1ccc2oc(-c3cc(Cl)c(N)c(Cl)c3)nc2c1. The first-order valence-electron chi connectivity index (χ1n) is 6.23. The van der Waals surface area contributed by atoms with Crippen LogP contribution in [0.5, 0.6) is 0 Å². The van der Waals surface area contributed by atoms with Crippen molar-refractivity contribution in [1.29, 1.82) is 0 Å². The van der Waals surface area contributed by atoms with Gasteiger partial charge >= 0.3 is 0 Å². The van der Waals surface area contributed by atoms with Gasteiger partial charge in [-0.1, -0.05) is 36.2 Å². The molecule has 0 aliphatic heterocycles. The molecule has 3 aromatic rings. The lowest BCUT2D eigenvalue weighted by atomic mass is 10.1. The van der Waals surface area contributed by atoms with Gasteiger partial charge in [-0.3, -0.25) is 0 Å². The number of aryl methyl sites for hydroxylation is 1. The molecule has 2 aromatic carbocycles. The van der Waals surface area contributed by atoms with Gasteiger partial charge in [0.1, 0.15) is 5.52 Å². The second kappa shape index (κ2) is 5.00. The molecule has 102 valence electrons. The Kier molecular flexibility index (Phi) is 3.32. The summed E-state index contributed by atoms with van der Waals surface area (Å²) in [6.07, 6.45) is 0.956. The van der Waals surface area contributed by atoms with Gasteiger partial charge in [0.15, 0.2) is 5.58 Å². The molecule has 0 unspecified atom stereocenters. The average Bonchev–Trinajstić information content (AvgIpc) is 2.86. The van der Waals surface area contributed by atoms with E-state index in [-0.39, 0.29) is 0 Å². The van der Waals surface area contributed by atoms with E-state index < -0.39 is 0 Å². The molecule has 1 heterocycles. The van der Waals surface area contributed by atoms with Crippen molar-refractivity contribution in [2.75, 3.05) is 5.73 Å². The van der Waals surface area contributed by atoms with E-state index >= 15 is 0 Å². The molecule has 0 amide bonds. The first-order chi connectivity index (χ1) is 9.58. The minimum Gasteiger partial charge on any atom is -0.436 e. The summed E-state index contributed by atoms with van der Waals surface area (Å²) < 4.78 is 5.73. The monoisotopic (exact) mass is 306 g/mol. The quantitative estimate of drug-likeness (QED) is 0.682. The number of nitrogens with two attached hydrogens (primary N) is 1. The van der Waals surface area contributed by atoms with Gasteiger partial charge < -0.3 is 10.2 Å². The van der Waals surface area contributed by atoms with Crippen LogP contribution >= 0.6 is 23.2 Å². The highest BCUT2D eigenvalue weighted by molar-refractivity contribution is 6.39. The highest BCUT2D eigenvalue weighted by Crippen LogP contribution is 2.34. The molecule has 0 spiro atoms. The smallest absolute Gasteiger partial charge is 0.227 e. The first-order valence-corrected chi connectivity index (χ1v) is 6.98. The summed E-state index contributed by atoms with van der Waals surface area (Å²) in [7, 11) is 0. The fraction of sp³-hybridized carbons (Fsp3) is 0.133. The summed E-state index contributed by atoms with van der Waals surface area (Å²) in [4.78, 5) is 4.48. The highest BCUT2D eigenvalue weighted by Gasteiger charge is 2.12. The standard InChI is InChI=1S/C15H12Cl2N2O/c1-2-8-3-4-13-12(5-8)19-15(20-13)9-6-10(16)14(18)11(17)7-9/h3-7H,2,18H2,1H3. The zero-order valence-electron chi connectivity index (χ0n) is 10.8. The lowest BCUT2D eigenvalue weighted by Crippen LogP contribution is -1.89. The van der Waals surface area contributed by atoms with Crippen molar-refractivity contribution in [3.05, 3.63) is 45.9 Å². The molecule has 3 nitrogen and oxygen atoms in total. The Balaban J connectivity index is 2.14. The summed E-state index contributed by atoms with van der Waals surface area (Å²) in [5, 5.41) is 0.785. The summed E-state index contributed by atoms with van der Waals surface area (Å²) in [6.45, 7) is 2.10. The number of fused-ring (bicyclic) bond motifs is 1. The predicted molar refractivity (Wildman–Crippen MR) is 83.3 cm³/mol. The van der Waals surface area contributed by atoms with Crippen LogP contribution in [0.4, 0.5) is 5.69 Å². The molecule has 0 saturated carbocycles. The highest BCUT2D eigenvalue weighted by atomic mass is 35.5. The van der Waals surface area contributed by atoms with E-state index in [9.17, 15) is 0 Å². The molecule has 1 aromatic heterocycles. The number of nitrogen functional groups attached to an aromatic ring is 1. The Bertz CT molecular complexity index is 773. The molecule has 5 heteroatoms. The van der Waals surface area contributed by atoms with Crippen LogP contribution in [-0.2, 0) is 6.42 Å². The van der Waals surface area contributed by atoms with E-state index in [1.54, 1.807) is 12.1 Å². The van der Waals surface area contributed by atoms with Crippen LogP contribution in [0.25, 0.3) is 22.6 Å². The lowest BCUT2D eigenvalue weighted by Gasteiger charge is -2.03. The topological polar surface area (TPSA) is 52.0 Å². The maximum Gasteiger partial charge on any atom is 0.227 e. The maximum absolute atomic E-state index is 6.04. The van der Waals surface area contributed by atoms with E-state index in [2.05, 4.69) is 11.9 Å². The predicted octanol–water partition coefficient (Wildman–Crippen LogP) is 4.95. The molecule has 0 aliphatic carbocycles. The Morgan fingerprint density at radius 1 is 1.15 bits per heavy atom. The van der Waals surface area contributed by atoms with Gasteiger partial charge in [-0.2, -0.15) is 0 Å². The molecule has 0 fully saturated rings. The number of benzene rings is 2. The molecule has 2 N–H and O–H groups in total. The van der Waals surface area contributed by atoms with Crippen molar-refractivity contribution in [3.63, 3.8) is 0 Å². The molecule has 0 bridgehead atoms. The number of aromatic nitrogens is 1. The number of anilines is 1. The largest absolute Gasteiger partial charge is 0.436 e. The van der Waals surface area contributed by atoms with Gasteiger partial charge in [0.2, 0.25) is 5.89 Å². The third-order valence-electron chi connectivity index (χ3n) is 3.19. The molecule has 0 saturated heterocycles. The number of hydrogen-bond donors (Lipinski definition) is 1. The number of hydrogen-bond acceptors (Lipinski definition) is 3. The fourth-order valence-electron chi connectivity index (χ4n) is 2.02. The van der Waals surface area contributed by atoms with Crippen molar-refractivity contribution in [2.24, 2.45) is 0 Å². The maximum atomic E-state index is 6.04. The fourth-order valence-corrected chi connectivity index (χ4v) is 2.51. The molecular weight excluding hydrogens is 295 g/mol.